The van der Waals surface area contributed by atoms with Crippen LogP contribution in [-0.2, 0) is 4.79 Å². The molecule has 3 N–H and O–H groups in total. The predicted octanol–water partition coefficient (Wildman–Crippen LogP) is 0.562. The minimum absolute atomic E-state index is 0.245. The van der Waals surface area contributed by atoms with Crippen LogP contribution in [0.2, 0.25) is 0 Å². The number of benzene rings is 1. The van der Waals surface area contributed by atoms with Crippen LogP contribution >= 0.6 is 0 Å². The first-order chi connectivity index (χ1) is 10.0. The molecule has 21 heavy (non-hydrogen) atoms. The zero-order chi connectivity index (χ0) is 15.4. The maximum atomic E-state index is 12.1. The smallest absolute Gasteiger partial charge is 0.315 e. The van der Waals surface area contributed by atoms with E-state index in [4.69, 9.17) is 9.47 Å². The molecule has 2 atom stereocenters. The minimum atomic E-state index is -0.559. The van der Waals surface area contributed by atoms with E-state index in [1.54, 1.807) is 26.4 Å². The van der Waals surface area contributed by atoms with Crippen molar-refractivity contribution in [1.82, 2.24) is 16.0 Å². The molecule has 0 bridgehead atoms. The van der Waals surface area contributed by atoms with Crippen LogP contribution < -0.4 is 25.4 Å². The van der Waals surface area contributed by atoms with Crippen molar-refractivity contribution in [3.63, 3.8) is 0 Å². The first-order valence-electron chi connectivity index (χ1n) is 6.61. The molecule has 3 amide bonds. The molecule has 0 unspecified atom stereocenters. The van der Waals surface area contributed by atoms with Gasteiger partial charge in [-0.3, -0.25) is 4.79 Å². The predicted molar refractivity (Wildman–Crippen MR) is 76.4 cm³/mol. The van der Waals surface area contributed by atoms with Crippen LogP contribution in [0.25, 0.3) is 0 Å². The van der Waals surface area contributed by atoms with E-state index in [1.807, 2.05) is 13.0 Å². The Kier molecular flexibility index (Phi) is 4.52. The summed E-state index contributed by atoms with van der Waals surface area (Å²) in [5.74, 6) is 1.10. The Morgan fingerprint density at radius 2 is 2.14 bits per heavy atom. The van der Waals surface area contributed by atoms with Crippen LogP contribution in [0.15, 0.2) is 18.2 Å². The third-order valence-corrected chi connectivity index (χ3v) is 3.35. The molecular formula is C14H19N3O4. The second kappa shape index (κ2) is 6.34. The molecule has 1 aromatic rings. The second-order valence-corrected chi connectivity index (χ2v) is 4.75. The highest BCUT2D eigenvalue weighted by atomic mass is 16.5. The topological polar surface area (TPSA) is 88.7 Å². The lowest BCUT2D eigenvalue weighted by molar-refractivity contribution is -0.123. The van der Waals surface area contributed by atoms with Gasteiger partial charge in [-0.1, -0.05) is 0 Å². The van der Waals surface area contributed by atoms with Gasteiger partial charge in [-0.25, -0.2) is 4.79 Å². The minimum Gasteiger partial charge on any atom is -0.497 e. The van der Waals surface area contributed by atoms with Gasteiger partial charge in [0.25, 0.3) is 0 Å². The van der Waals surface area contributed by atoms with E-state index < -0.39 is 6.04 Å². The van der Waals surface area contributed by atoms with Gasteiger partial charge in [0.15, 0.2) is 0 Å². The van der Waals surface area contributed by atoms with Crippen LogP contribution in [0.1, 0.15) is 18.5 Å². The van der Waals surface area contributed by atoms with Gasteiger partial charge >= 0.3 is 6.03 Å². The summed E-state index contributed by atoms with van der Waals surface area (Å²) in [6, 6.07) is 4.22. The van der Waals surface area contributed by atoms with E-state index in [0.29, 0.717) is 11.5 Å². The first kappa shape index (κ1) is 15.0. The molecule has 1 fully saturated rings. The molecule has 0 aromatic heterocycles. The van der Waals surface area contributed by atoms with Crippen molar-refractivity contribution in [2.24, 2.45) is 0 Å². The fourth-order valence-electron chi connectivity index (χ4n) is 2.18. The van der Waals surface area contributed by atoms with E-state index in [0.717, 1.165) is 5.56 Å². The van der Waals surface area contributed by atoms with Crippen molar-refractivity contribution >= 4 is 11.9 Å². The number of hydrogen-bond donors (Lipinski definition) is 3. The average Bonchev–Trinajstić information content (AvgIpc) is 2.93. The van der Waals surface area contributed by atoms with Gasteiger partial charge in [0.2, 0.25) is 5.91 Å². The molecule has 1 aromatic carbocycles. The normalized spacial score (nSPS) is 18.4. The summed E-state index contributed by atoms with van der Waals surface area (Å²) < 4.78 is 10.5. The number of urea groups is 1. The highest BCUT2D eigenvalue weighted by molar-refractivity contribution is 5.90. The van der Waals surface area contributed by atoms with Crippen molar-refractivity contribution in [2.45, 2.75) is 19.0 Å². The molecule has 1 saturated heterocycles. The number of carbonyl (C=O) groups excluding carboxylic acids is 2. The van der Waals surface area contributed by atoms with Crippen LogP contribution in [0, 0.1) is 0 Å². The summed E-state index contributed by atoms with van der Waals surface area (Å²) in [5.41, 5.74) is 0.808. The highest BCUT2D eigenvalue weighted by Crippen LogP contribution is 2.29. The SMILES string of the molecule is COc1ccc(OC)c([C@H](C)NC(=O)[C@H]2CNC(=O)N2)c1. The van der Waals surface area contributed by atoms with Crippen molar-refractivity contribution in [2.75, 3.05) is 20.8 Å². The van der Waals surface area contributed by atoms with E-state index in [2.05, 4.69) is 16.0 Å². The van der Waals surface area contributed by atoms with Crippen LogP contribution in [0.3, 0.4) is 0 Å². The molecule has 0 aliphatic carbocycles. The summed E-state index contributed by atoms with van der Waals surface area (Å²) in [6.45, 7) is 2.13. The molecule has 1 aliphatic heterocycles. The van der Waals surface area contributed by atoms with Gasteiger partial charge in [-0.2, -0.15) is 0 Å². The van der Waals surface area contributed by atoms with Gasteiger partial charge in [0, 0.05) is 12.1 Å². The zero-order valence-electron chi connectivity index (χ0n) is 12.2. The molecule has 0 spiro atoms. The average molecular weight is 293 g/mol. The fraction of sp³-hybridized carbons (Fsp3) is 0.429. The standard InChI is InChI=1S/C14H19N3O4/c1-8(16-13(18)11-7-15-14(19)17-11)10-6-9(20-2)4-5-12(10)21-3/h4-6,8,11H,7H2,1-3H3,(H,16,18)(H2,15,17,19)/t8-,11+/m0/s1. The number of methoxy groups -OCH3 is 2. The zero-order valence-corrected chi connectivity index (χ0v) is 12.2. The maximum absolute atomic E-state index is 12.1. The maximum Gasteiger partial charge on any atom is 0.315 e. The lowest BCUT2D eigenvalue weighted by Crippen LogP contribution is -2.43. The Bertz CT molecular complexity index is 547. The Labute approximate surface area is 123 Å². The summed E-state index contributed by atoms with van der Waals surface area (Å²) in [5, 5.41) is 7.95. The van der Waals surface area contributed by atoms with Gasteiger partial charge in [-0.05, 0) is 25.1 Å². The van der Waals surface area contributed by atoms with E-state index in [-0.39, 0.29) is 24.5 Å². The third-order valence-electron chi connectivity index (χ3n) is 3.35. The molecular weight excluding hydrogens is 274 g/mol. The lowest BCUT2D eigenvalue weighted by atomic mass is 10.1. The fourth-order valence-corrected chi connectivity index (χ4v) is 2.18. The summed E-state index contributed by atoms with van der Waals surface area (Å²) >= 11 is 0. The van der Waals surface area contributed by atoms with E-state index >= 15 is 0 Å². The Hall–Kier alpha value is -2.44. The molecule has 7 heteroatoms. The second-order valence-electron chi connectivity index (χ2n) is 4.75. The van der Waals surface area contributed by atoms with Crippen molar-refractivity contribution < 1.29 is 19.1 Å². The van der Waals surface area contributed by atoms with Crippen LogP contribution in [0.4, 0.5) is 4.79 Å². The molecule has 2 rings (SSSR count). The van der Waals surface area contributed by atoms with Crippen molar-refractivity contribution in [1.29, 1.82) is 0 Å². The largest absolute Gasteiger partial charge is 0.497 e. The molecule has 0 radical (unpaired) electrons. The van der Waals surface area contributed by atoms with Gasteiger partial charge in [0.1, 0.15) is 17.5 Å². The van der Waals surface area contributed by atoms with E-state index in [1.165, 1.54) is 0 Å². The van der Waals surface area contributed by atoms with Gasteiger partial charge in [-0.15, -0.1) is 0 Å². The number of nitrogens with one attached hydrogen (secondary N) is 3. The Morgan fingerprint density at radius 1 is 1.38 bits per heavy atom. The lowest BCUT2D eigenvalue weighted by Gasteiger charge is -2.19. The summed E-state index contributed by atoms with van der Waals surface area (Å²) in [6.07, 6.45) is 0. The summed E-state index contributed by atoms with van der Waals surface area (Å²) in [7, 11) is 3.15. The van der Waals surface area contributed by atoms with Gasteiger partial charge in [0.05, 0.1) is 20.3 Å². The molecule has 1 heterocycles. The number of amides is 3. The Morgan fingerprint density at radius 3 is 2.71 bits per heavy atom. The quantitative estimate of drug-likeness (QED) is 0.740. The molecule has 0 saturated carbocycles. The first-order valence-corrected chi connectivity index (χ1v) is 6.61. The van der Waals surface area contributed by atoms with Crippen molar-refractivity contribution in [3.05, 3.63) is 23.8 Å². The van der Waals surface area contributed by atoms with E-state index in [9.17, 15) is 9.59 Å². The molecule has 7 nitrogen and oxygen atoms in total. The Balaban J connectivity index is 2.10. The van der Waals surface area contributed by atoms with Crippen molar-refractivity contribution in [3.8, 4) is 11.5 Å². The number of hydrogen-bond acceptors (Lipinski definition) is 4. The number of ether oxygens (including phenoxy) is 2. The highest BCUT2D eigenvalue weighted by Gasteiger charge is 2.28. The number of rotatable bonds is 5. The molecule has 114 valence electrons. The number of carbonyl (C=O) groups is 2. The molecule has 1 aliphatic rings. The van der Waals surface area contributed by atoms with Crippen LogP contribution in [0.5, 0.6) is 11.5 Å². The third kappa shape index (κ3) is 3.36. The monoisotopic (exact) mass is 293 g/mol. The summed E-state index contributed by atoms with van der Waals surface area (Å²) in [4.78, 5) is 23.1. The van der Waals surface area contributed by atoms with Gasteiger partial charge < -0.3 is 25.4 Å². The van der Waals surface area contributed by atoms with Crippen LogP contribution in [-0.4, -0.2) is 38.7 Å².